The van der Waals surface area contributed by atoms with E-state index in [2.05, 4.69) is 10.4 Å². The second-order valence-corrected chi connectivity index (χ2v) is 7.12. The standard InChI is InChI=1S/C19H13ClFN3OS/c20-17-13-6-2-4-8-15(13)26-18(17)19(25)22-16-9-10-24(23-16)11-12-5-1-3-7-14(12)21/h1-10H,11H2,(H,22,23,25). The number of carbonyl (C=O) groups excluding carboxylic acids is 1. The Morgan fingerprint density at radius 3 is 2.73 bits per heavy atom. The van der Waals surface area contributed by atoms with E-state index in [0.29, 0.717) is 21.3 Å². The van der Waals surface area contributed by atoms with Crippen molar-refractivity contribution in [2.75, 3.05) is 5.32 Å². The van der Waals surface area contributed by atoms with Crippen molar-refractivity contribution in [2.24, 2.45) is 0 Å². The minimum absolute atomic E-state index is 0.284. The topological polar surface area (TPSA) is 46.9 Å². The van der Waals surface area contributed by atoms with Crippen molar-refractivity contribution in [3.8, 4) is 0 Å². The predicted molar refractivity (Wildman–Crippen MR) is 103 cm³/mol. The number of nitrogens with zero attached hydrogens (tertiary/aromatic N) is 2. The summed E-state index contributed by atoms with van der Waals surface area (Å²) in [7, 11) is 0. The van der Waals surface area contributed by atoms with E-state index in [9.17, 15) is 9.18 Å². The Morgan fingerprint density at radius 2 is 1.92 bits per heavy atom. The van der Waals surface area contributed by atoms with Crippen LogP contribution in [-0.2, 0) is 6.54 Å². The summed E-state index contributed by atoms with van der Waals surface area (Å²) in [5.41, 5.74) is 0.529. The number of nitrogens with one attached hydrogen (secondary N) is 1. The number of fused-ring (bicyclic) bond motifs is 1. The number of anilines is 1. The maximum Gasteiger partial charge on any atom is 0.268 e. The lowest BCUT2D eigenvalue weighted by atomic mass is 10.2. The van der Waals surface area contributed by atoms with Crippen molar-refractivity contribution in [1.82, 2.24) is 9.78 Å². The normalized spacial score (nSPS) is 11.0. The van der Waals surface area contributed by atoms with Gasteiger partial charge in [0.2, 0.25) is 0 Å². The van der Waals surface area contributed by atoms with Gasteiger partial charge in [0.15, 0.2) is 5.82 Å². The van der Waals surface area contributed by atoms with Crippen LogP contribution in [0.2, 0.25) is 5.02 Å². The molecule has 0 aliphatic carbocycles. The third kappa shape index (κ3) is 3.21. The molecule has 1 amide bonds. The number of aromatic nitrogens is 2. The minimum atomic E-state index is -0.313. The van der Waals surface area contributed by atoms with Crippen molar-refractivity contribution in [3.63, 3.8) is 0 Å². The van der Waals surface area contributed by atoms with Crippen LogP contribution in [0.25, 0.3) is 10.1 Å². The van der Waals surface area contributed by atoms with Gasteiger partial charge in [0, 0.05) is 27.9 Å². The third-order valence-corrected chi connectivity index (χ3v) is 5.59. The number of amides is 1. The zero-order valence-corrected chi connectivity index (χ0v) is 15.0. The van der Waals surface area contributed by atoms with Crippen molar-refractivity contribution in [2.45, 2.75) is 6.54 Å². The van der Waals surface area contributed by atoms with Gasteiger partial charge in [-0.25, -0.2) is 4.39 Å². The van der Waals surface area contributed by atoms with Gasteiger partial charge >= 0.3 is 0 Å². The smallest absolute Gasteiger partial charge is 0.268 e. The molecule has 130 valence electrons. The molecule has 4 aromatic rings. The first-order chi connectivity index (χ1) is 12.6. The molecular weight excluding hydrogens is 373 g/mol. The Balaban J connectivity index is 1.52. The fraction of sp³-hybridized carbons (Fsp3) is 0.0526. The number of carbonyl (C=O) groups is 1. The molecule has 0 aliphatic rings. The Kier molecular flexibility index (Phi) is 4.44. The molecule has 0 aliphatic heterocycles. The average molecular weight is 386 g/mol. The van der Waals surface area contributed by atoms with Crippen LogP contribution >= 0.6 is 22.9 Å². The van der Waals surface area contributed by atoms with Gasteiger partial charge in [-0.1, -0.05) is 48.0 Å². The highest BCUT2D eigenvalue weighted by molar-refractivity contribution is 7.21. The van der Waals surface area contributed by atoms with E-state index < -0.39 is 0 Å². The summed E-state index contributed by atoms with van der Waals surface area (Å²) < 4.78 is 16.3. The van der Waals surface area contributed by atoms with E-state index in [0.717, 1.165) is 10.1 Å². The highest BCUT2D eigenvalue weighted by Crippen LogP contribution is 2.35. The Morgan fingerprint density at radius 1 is 1.15 bits per heavy atom. The second kappa shape index (κ2) is 6.90. The predicted octanol–water partition coefficient (Wildman–Crippen LogP) is 5.19. The molecule has 4 rings (SSSR count). The second-order valence-electron chi connectivity index (χ2n) is 5.69. The van der Waals surface area contributed by atoms with Gasteiger partial charge in [-0.15, -0.1) is 11.3 Å². The van der Waals surface area contributed by atoms with Gasteiger partial charge in [-0.05, 0) is 12.1 Å². The van der Waals surface area contributed by atoms with Gasteiger partial charge in [0.05, 0.1) is 11.6 Å². The highest BCUT2D eigenvalue weighted by atomic mass is 35.5. The molecule has 1 N–H and O–H groups in total. The zero-order chi connectivity index (χ0) is 18.1. The Bertz CT molecular complexity index is 1110. The Labute approximate surface area is 157 Å². The van der Waals surface area contributed by atoms with E-state index in [1.54, 1.807) is 35.1 Å². The van der Waals surface area contributed by atoms with Crippen molar-refractivity contribution in [1.29, 1.82) is 0 Å². The van der Waals surface area contributed by atoms with Crippen LogP contribution in [0.15, 0.2) is 60.8 Å². The van der Waals surface area contributed by atoms with Crippen LogP contribution < -0.4 is 5.32 Å². The molecule has 0 fully saturated rings. The van der Waals surface area contributed by atoms with Crippen molar-refractivity contribution >= 4 is 44.7 Å². The monoisotopic (exact) mass is 385 g/mol. The molecule has 0 unspecified atom stereocenters. The molecule has 0 atom stereocenters. The maximum absolute atomic E-state index is 13.7. The van der Waals surface area contributed by atoms with Gasteiger partial charge in [0.25, 0.3) is 5.91 Å². The fourth-order valence-electron chi connectivity index (χ4n) is 2.65. The summed E-state index contributed by atoms with van der Waals surface area (Å²) in [5, 5.41) is 8.31. The molecule has 26 heavy (non-hydrogen) atoms. The van der Waals surface area contributed by atoms with E-state index in [1.807, 2.05) is 24.3 Å². The largest absolute Gasteiger partial charge is 0.304 e. The molecule has 0 saturated heterocycles. The molecule has 0 radical (unpaired) electrons. The summed E-state index contributed by atoms with van der Waals surface area (Å²) in [6, 6.07) is 15.8. The maximum atomic E-state index is 13.7. The van der Waals surface area contributed by atoms with Crippen LogP contribution in [0, 0.1) is 5.82 Å². The SMILES string of the molecule is O=C(Nc1ccn(Cc2ccccc2F)n1)c1sc2ccccc2c1Cl. The van der Waals surface area contributed by atoms with Crippen LogP contribution in [0.5, 0.6) is 0 Å². The molecule has 2 aromatic carbocycles. The number of benzene rings is 2. The van der Waals surface area contributed by atoms with E-state index in [4.69, 9.17) is 11.6 Å². The molecular formula is C19H13ClFN3OS. The van der Waals surface area contributed by atoms with Crippen LogP contribution in [0.3, 0.4) is 0 Å². The lowest BCUT2D eigenvalue weighted by Gasteiger charge is -2.03. The van der Waals surface area contributed by atoms with E-state index in [-0.39, 0.29) is 18.3 Å². The number of hydrogen-bond donors (Lipinski definition) is 1. The van der Waals surface area contributed by atoms with E-state index in [1.165, 1.54) is 17.4 Å². The first kappa shape index (κ1) is 16.8. The van der Waals surface area contributed by atoms with E-state index >= 15 is 0 Å². The van der Waals surface area contributed by atoms with Gasteiger partial charge in [-0.2, -0.15) is 5.10 Å². The first-order valence-electron chi connectivity index (χ1n) is 7.87. The van der Waals surface area contributed by atoms with Crippen LogP contribution in [-0.4, -0.2) is 15.7 Å². The summed E-state index contributed by atoms with van der Waals surface area (Å²) in [4.78, 5) is 13.0. The Hall–Kier alpha value is -2.70. The molecule has 0 saturated carbocycles. The molecule has 0 bridgehead atoms. The van der Waals surface area contributed by atoms with Crippen LogP contribution in [0.1, 0.15) is 15.2 Å². The van der Waals surface area contributed by atoms with Crippen LogP contribution in [0.4, 0.5) is 10.2 Å². The van der Waals surface area contributed by atoms with Gasteiger partial charge in [0.1, 0.15) is 10.7 Å². The highest BCUT2D eigenvalue weighted by Gasteiger charge is 2.17. The van der Waals surface area contributed by atoms with Gasteiger partial charge < -0.3 is 5.32 Å². The molecule has 2 heterocycles. The average Bonchev–Trinajstić information content (AvgIpc) is 3.22. The zero-order valence-electron chi connectivity index (χ0n) is 13.4. The molecule has 4 nitrogen and oxygen atoms in total. The third-order valence-electron chi connectivity index (χ3n) is 3.91. The molecule has 7 heteroatoms. The lowest BCUT2D eigenvalue weighted by Crippen LogP contribution is -2.12. The summed E-state index contributed by atoms with van der Waals surface area (Å²) in [6.45, 7) is 0.284. The summed E-state index contributed by atoms with van der Waals surface area (Å²) in [6.07, 6.45) is 1.69. The number of hydrogen-bond acceptors (Lipinski definition) is 3. The summed E-state index contributed by atoms with van der Waals surface area (Å²) >= 11 is 7.66. The molecule has 0 spiro atoms. The number of thiophene rings is 1. The fourth-order valence-corrected chi connectivity index (χ4v) is 4.06. The summed E-state index contributed by atoms with van der Waals surface area (Å²) in [5.74, 6) is -0.210. The number of rotatable bonds is 4. The number of halogens is 2. The minimum Gasteiger partial charge on any atom is -0.304 e. The first-order valence-corrected chi connectivity index (χ1v) is 9.06. The van der Waals surface area contributed by atoms with Crippen molar-refractivity contribution < 1.29 is 9.18 Å². The van der Waals surface area contributed by atoms with Gasteiger partial charge in [-0.3, -0.25) is 9.48 Å². The van der Waals surface area contributed by atoms with Crippen molar-refractivity contribution in [3.05, 3.63) is 82.1 Å². The molecule has 2 aromatic heterocycles. The lowest BCUT2D eigenvalue weighted by molar-refractivity contribution is 0.103. The quantitative estimate of drug-likeness (QED) is 0.525.